The highest BCUT2D eigenvalue weighted by Gasteiger charge is 2.21. The Morgan fingerprint density at radius 2 is 1.26 bits per heavy atom. The van der Waals surface area contributed by atoms with E-state index in [0.717, 1.165) is 18.5 Å². The Morgan fingerprint density at radius 3 is 1.79 bits per heavy atom. The zero-order chi connectivity index (χ0) is 30.3. The van der Waals surface area contributed by atoms with Gasteiger partial charge >= 0.3 is 0 Å². The van der Waals surface area contributed by atoms with Crippen LogP contribution >= 0.6 is 0 Å². The topological polar surface area (TPSA) is 122 Å². The molecule has 1 atom stereocenters. The molecule has 1 fully saturated rings. The highest BCUT2D eigenvalue weighted by atomic mass is 32.2. The van der Waals surface area contributed by atoms with Crippen LogP contribution in [-0.4, -0.2) is 71.6 Å². The highest BCUT2D eigenvalue weighted by Crippen LogP contribution is 2.22. The first-order chi connectivity index (χ1) is 20.2. The van der Waals surface area contributed by atoms with Crippen LogP contribution in [0, 0.1) is 0 Å². The SMILES string of the molecule is CCCCCCCCCCCCS(=O)(=O)Nc1ccc(OCC(O)COc2ccc(N3CCS(=O)(=O)CC3)cc2)cc1. The fourth-order valence-electron chi connectivity index (χ4n) is 4.79. The predicted molar refractivity (Wildman–Crippen MR) is 170 cm³/mol. The lowest BCUT2D eigenvalue weighted by Gasteiger charge is -2.28. The number of aliphatic hydroxyl groups excluding tert-OH is 1. The minimum Gasteiger partial charge on any atom is -0.491 e. The molecule has 0 spiro atoms. The Bertz CT molecular complexity index is 1240. The normalized spacial score (nSPS) is 15.7. The van der Waals surface area contributed by atoms with E-state index in [-0.39, 0.29) is 30.5 Å². The van der Waals surface area contributed by atoms with Gasteiger partial charge < -0.3 is 19.5 Å². The number of rotatable bonds is 20. The first-order valence-corrected chi connectivity index (χ1v) is 18.7. The Hall–Kier alpha value is -2.50. The summed E-state index contributed by atoms with van der Waals surface area (Å²) in [5, 5.41) is 10.3. The van der Waals surface area contributed by atoms with E-state index in [2.05, 4.69) is 11.6 Å². The van der Waals surface area contributed by atoms with Crippen molar-refractivity contribution >= 4 is 31.2 Å². The van der Waals surface area contributed by atoms with E-state index in [1.807, 2.05) is 17.0 Å². The van der Waals surface area contributed by atoms with Crippen LogP contribution in [0.5, 0.6) is 11.5 Å². The molecule has 1 aliphatic rings. The van der Waals surface area contributed by atoms with Crippen LogP contribution in [0.4, 0.5) is 11.4 Å². The fraction of sp³-hybridized carbons (Fsp3) is 0.613. The molecular formula is C31H48N2O7S2. The van der Waals surface area contributed by atoms with E-state index in [9.17, 15) is 21.9 Å². The number of unbranched alkanes of at least 4 members (excludes halogenated alkanes) is 9. The fourth-order valence-corrected chi connectivity index (χ4v) is 7.17. The number of hydrogen-bond acceptors (Lipinski definition) is 8. The quantitative estimate of drug-likeness (QED) is 0.188. The number of sulfone groups is 1. The first-order valence-electron chi connectivity index (χ1n) is 15.3. The van der Waals surface area contributed by atoms with E-state index in [4.69, 9.17) is 9.47 Å². The van der Waals surface area contributed by atoms with Crippen LogP contribution in [0.15, 0.2) is 48.5 Å². The van der Waals surface area contributed by atoms with Gasteiger partial charge in [-0.2, -0.15) is 0 Å². The number of ether oxygens (including phenoxy) is 2. The molecule has 0 radical (unpaired) electrons. The Morgan fingerprint density at radius 1 is 0.786 bits per heavy atom. The third-order valence-electron chi connectivity index (χ3n) is 7.33. The van der Waals surface area contributed by atoms with E-state index < -0.39 is 26.0 Å². The average Bonchev–Trinajstić information content (AvgIpc) is 2.97. The molecule has 0 bridgehead atoms. The minimum atomic E-state index is -3.40. The van der Waals surface area contributed by atoms with E-state index in [0.29, 0.717) is 36.7 Å². The summed E-state index contributed by atoms with van der Waals surface area (Å²) in [5.74, 6) is 1.54. The zero-order valence-electron chi connectivity index (χ0n) is 24.9. The van der Waals surface area contributed by atoms with Crippen molar-refractivity contribution < 1.29 is 31.4 Å². The van der Waals surface area contributed by atoms with E-state index >= 15 is 0 Å². The number of hydrogen-bond donors (Lipinski definition) is 2. The second kappa shape index (κ2) is 17.6. The molecule has 2 N–H and O–H groups in total. The molecule has 42 heavy (non-hydrogen) atoms. The molecule has 1 saturated heterocycles. The molecule has 9 nitrogen and oxygen atoms in total. The molecule has 0 aromatic heterocycles. The summed E-state index contributed by atoms with van der Waals surface area (Å²) < 4.78 is 62.0. The van der Waals surface area contributed by atoms with E-state index in [1.165, 1.54) is 44.9 Å². The summed E-state index contributed by atoms with van der Waals surface area (Å²) in [6.07, 6.45) is 10.7. The van der Waals surface area contributed by atoms with Crippen molar-refractivity contribution in [2.24, 2.45) is 0 Å². The van der Waals surface area contributed by atoms with Crippen molar-refractivity contribution in [3.8, 4) is 11.5 Å². The molecule has 236 valence electrons. The van der Waals surface area contributed by atoms with Crippen molar-refractivity contribution in [1.82, 2.24) is 0 Å². The molecule has 1 unspecified atom stereocenters. The predicted octanol–water partition coefficient (Wildman–Crippen LogP) is 5.40. The molecular weight excluding hydrogens is 576 g/mol. The van der Waals surface area contributed by atoms with Crippen LogP contribution in [0.3, 0.4) is 0 Å². The number of anilines is 2. The zero-order valence-corrected chi connectivity index (χ0v) is 26.5. The van der Waals surface area contributed by atoms with Crippen LogP contribution in [0.1, 0.15) is 71.1 Å². The van der Waals surface area contributed by atoms with Gasteiger partial charge in [-0.25, -0.2) is 16.8 Å². The molecule has 0 saturated carbocycles. The second-order valence-corrected chi connectivity index (χ2v) is 15.2. The maximum atomic E-state index is 12.4. The maximum Gasteiger partial charge on any atom is 0.232 e. The Balaban J connectivity index is 1.28. The van der Waals surface area contributed by atoms with Gasteiger partial charge in [0.15, 0.2) is 9.84 Å². The summed E-state index contributed by atoms with van der Waals surface area (Å²) in [6.45, 7) is 3.23. The molecule has 1 aliphatic heterocycles. The average molecular weight is 625 g/mol. The molecule has 1 heterocycles. The molecule has 0 aliphatic carbocycles. The van der Waals surface area contributed by atoms with Gasteiger partial charge in [-0.3, -0.25) is 4.72 Å². The van der Waals surface area contributed by atoms with Crippen LogP contribution in [-0.2, 0) is 19.9 Å². The van der Waals surface area contributed by atoms with Crippen molar-refractivity contribution in [1.29, 1.82) is 0 Å². The van der Waals surface area contributed by atoms with Crippen molar-refractivity contribution in [3.63, 3.8) is 0 Å². The number of benzene rings is 2. The second-order valence-electron chi connectivity index (χ2n) is 11.0. The lowest BCUT2D eigenvalue weighted by molar-refractivity contribution is 0.0626. The number of sulfonamides is 1. The van der Waals surface area contributed by atoms with Gasteiger partial charge in [0.25, 0.3) is 0 Å². The first kappa shape index (κ1) is 34.0. The summed E-state index contributed by atoms with van der Waals surface area (Å²) in [4.78, 5) is 2.03. The minimum absolute atomic E-state index is 0.0180. The number of nitrogens with zero attached hydrogens (tertiary/aromatic N) is 1. The highest BCUT2D eigenvalue weighted by molar-refractivity contribution is 7.92. The van der Waals surface area contributed by atoms with Gasteiger partial charge in [0, 0.05) is 24.5 Å². The lowest BCUT2D eigenvalue weighted by atomic mass is 10.1. The summed E-state index contributed by atoms with van der Waals surface area (Å²) in [6, 6.07) is 14.0. The third kappa shape index (κ3) is 13.2. The molecule has 0 amide bonds. The summed E-state index contributed by atoms with van der Waals surface area (Å²) in [7, 11) is -6.33. The van der Waals surface area contributed by atoms with Gasteiger partial charge in [-0.1, -0.05) is 64.7 Å². The van der Waals surface area contributed by atoms with Crippen LogP contribution in [0.2, 0.25) is 0 Å². The van der Waals surface area contributed by atoms with Gasteiger partial charge in [-0.15, -0.1) is 0 Å². The molecule has 2 aromatic carbocycles. The summed E-state index contributed by atoms with van der Waals surface area (Å²) >= 11 is 0. The summed E-state index contributed by atoms with van der Waals surface area (Å²) in [5.41, 5.74) is 1.42. The van der Waals surface area contributed by atoms with Gasteiger partial charge in [-0.05, 0) is 55.0 Å². The van der Waals surface area contributed by atoms with Crippen molar-refractivity contribution in [2.45, 2.75) is 77.2 Å². The van der Waals surface area contributed by atoms with Gasteiger partial charge in [0.2, 0.25) is 10.0 Å². The van der Waals surface area contributed by atoms with Crippen molar-refractivity contribution in [3.05, 3.63) is 48.5 Å². The number of nitrogens with one attached hydrogen (secondary N) is 1. The monoisotopic (exact) mass is 624 g/mol. The Kier molecular flexibility index (Phi) is 14.2. The largest absolute Gasteiger partial charge is 0.491 e. The standard InChI is InChI=1S/C31H48N2O7S2/c1-2-3-4-5-6-7-8-9-10-11-22-42(37,38)32-27-12-16-30(17-13-27)39-25-29(34)26-40-31-18-14-28(15-19-31)33-20-23-41(35,36)24-21-33/h12-19,29,32,34H,2-11,20-26H2,1H3. The molecule has 2 aromatic rings. The van der Waals surface area contributed by atoms with Gasteiger partial charge in [0.05, 0.1) is 17.3 Å². The Labute approximate surface area is 252 Å². The smallest absolute Gasteiger partial charge is 0.232 e. The number of aliphatic hydroxyl groups is 1. The van der Waals surface area contributed by atoms with Crippen molar-refractivity contribution in [2.75, 3.05) is 53.2 Å². The molecule has 3 rings (SSSR count). The lowest BCUT2D eigenvalue weighted by Crippen LogP contribution is -2.40. The third-order valence-corrected chi connectivity index (χ3v) is 10.3. The van der Waals surface area contributed by atoms with Crippen LogP contribution in [0.25, 0.3) is 0 Å². The van der Waals surface area contributed by atoms with E-state index in [1.54, 1.807) is 36.4 Å². The molecule has 11 heteroatoms. The maximum absolute atomic E-state index is 12.4. The van der Waals surface area contributed by atoms with Crippen LogP contribution < -0.4 is 19.1 Å². The van der Waals surface area contributed by atoms with Gasteiger partial charge in [0.1, 0.15) is 30.8 Å².